The Morgan fingerprint density at radius 3 is 2.40 bits per heavy atom. The zero-order valence-corrected chi connectivity index (χ0v) is 17.0. The molecule has 1 heterocycles. The SMILES string of the molecule is CC[NH+](CC)Cc1c([O-])ccc2c(=O)c(Oc3ccccc3Cl)c(C(F)(F)F)oc12. The second kappa shape index (κ2) is 8.57. The highest BCUT2D eigenvalue weighted by Crippen LogP contribution is 2.40. The maximum atomic E-state index is 13.8. The monoisotopic (exact) mass is 441 g/mol. The Balaban J connectivity index is 2.28. The number of halogens is 4. The molecule has 0 aliphatic carbocycles. The van der Waals surface area contributed by atoms with Crippen LogP contribution in [-0.4, -0.2) is 13.1 Å². The molecule has 0 radical (unpaired) electrons. The van der Waals surface area contributed by atoms with E-state index in [9.17, 15) is 23.1 Å². The van der Waals surface area contributed by atoms with Crippen LogP contribution in [0.1, 0.15) is 25.2 Å². The number of nitrogens with one attached hydrogen (secondary N) is 1. The topological polar surface area (TPSA) is 66.9 Å². The summed E-state index contributed by atoms with van der Waals surface area (Å²) in [5.41, 5.74) is -1.37. The summed E-state index contributed by atoms with van der Waals surface area (Å²) in [4.78, 5) is 13.9. The summed E-state index contributed by atoms with van der Waals surface area (Å²) in [6.07, 6.45) is -5.03. The highest BCUT2D eigenvalue weighted by Gasteiger charge is 2.41. The lowest BCUT2D eigenvalue weighted by Gasteiger charge is -2.21. The molecule has 30 heavy (non-hydrogen) atoms. The van der Waals surface area contributed by atoms with E-state index in [1.54, 1.807) is 6.07 Å². The summed E-state index contributed by atoms with van der Waals surface area (Å²) in [5, 5.41) is 12.3. The van der Waals surface area contributed by atoms with Gasteiger partial charge in [-0.25, -0.2) is 0 Å². The summed E-state index contributed by atoms with van der Waals surface area (Å²) >= 11 is 5.96. The van der Waals surface area contributed by atoms with E-state index in [4.69, 9.17) is 20.8 Å². The van der Waals surface area contributed by atoms with E-state index in [0.29, 0.717) is 13.1 Å². The van der Waals surface area contributed by atoms with Crippen LogP contribution in [0.15, 0.2) is 45.6 Å². The zero-order chi connectivity index (χ0) is 22.1. The second-order valence-corrected chi connectivity index (χ2v) is 7.08. The minimum Gasteiger partial charge on any atom is -0.872 e. The van der Waals surface area contributed by atoms with E-state index in [2.05, 4.69) is 0 Å². The van der Waals surface area contributed by atoms with Gasteiger partial charge in [0.25, 0.3) is 5.76 Å². The molecule has 0 aliphatic rings. The quantitative estimate of drug-likeness (QED) is 0.632. The van der Waals surface area contributed by atoms with Crippen molar-refractivity contribution in [2.45, 2.75) is 26.6 Å². The van der Waals surface area contributed by atoms with Crippen molar-refractivity contribution in [2.24, 2.45) is 0 Å². The Morgan fingerprint density at radius 2 is 1.80 bits per heavy atom. The molecule has 0 saturated heterocycles. The number of hydrogen-bond donors (Lipinski definition) is 1. The molecule has 0 atom stereocenters. The van der Waals surface area contributed by atoms with Gasteiger partial charge < -0.3 is 19.2 Å². The molecule has 1 N–H and O–H groups in total. The molecule has 3 rings (SSSR count). The molecule has 0 fully saturated rings. The first-order valence-electron chi connectivity index (χ1n) is 9.30. The Hall–Kier alpha value is -2.71. The van der Waals surface area contributed by atoms with Crippen LogP contribution in [0, 0.1) is 0 Å². The summed E-state index contributed by atoms with van der Waals surface area (Å²) in [7, 11) is 0. The number of fused-ring (bicyclic) bond motifs is 1. The van der Waals surface area contributed by atoms with E-state index in [0.717, 1.165) is 17.0 Å². The van der Waals surface area contributed by atoms with Gasteiger partial charge in [-0.05, 0) is 32.0 Å². The predicted octanol–water partition coefficient (Wildman–Crippen LogP) is 3.76. The highest BCUT2D eigenvalue weighted by molar-refractivity contribution is 6.32. The van der Waals surface area contributed by atoms with Gasteiger partial charge in [0, 0.05) is 5.56 Å². The third-order valence-corrected chi connectivity index (χ3v) is 5.12. The molecule has 0 amide bonds. The van der Waals surface area contributed by atoms with Gasteiger partial charge in [-0.3, -0.25) is 4.79 Å². The molecule has 160 valence electrons. The fraction of sp³-hybridized carbons (Fsp3) is 0.286. The lowest BCUT2D eigenvalue weighted by Crippen LogP contribution is -3.10. The minimum absolute atomic E-state index is 0.0260. The summed E-state index contributed by atoms with van der Waals surface area (Å²) in [5.74, 6) is -3.24. The molecule has 5 nitrogen and oxygen atoms in total. The Morgan fingerprint density at radius 1 is 1.13 bits per heavy atom. The van der Waals surface area contributed by atoms with Gasteiger partial charge in [0.05, 0.1) is 23.5 Å². The average Bonchev–Trinajstić information content (AvgIpc) is 2.70. The molecule has 0 spiro atoms. The van der Waals surface area contributed by atoms with E-state index < -0.39 is 28.9 Å². The van der Waals surface area contributed by atoms with E-state index >= 15 is 0 Å². The largest absolute Gasteiger partial charge is 0.872 e. The van der Waals surface area contributed by atoms with Crippen molar-refractivity contribution >= 4 is 22.6 Å². The normalized spacial score (nSPS) is 12.0. The molecule has 0 bridgehead atoms. The standard InChI is InChI=1S/C21H19ClF3NO4/c1-3-26(4-2)11-13-15(27)10-9-12-17(28)19(20(21(23,24)25)30-18(12)13)29-16-8-6-5-7-14(16)22/h5-10,27H,3-4,11H2,1-2H3. The summed E-state index contributed by atoms with van der Waals surface area (Å²) in [6.45, 7) is 5.21. The van der Waals surface area contributed by atoms with Gasteiger partial charge >= 0.3 is 6.18 Å². The highest BCUT2D eigenvalue weighted by atomic mass is 35.5. The molecular weight excluding hydrogens is 423 g/mol. The van der Waals surface area contributed by atoms with E-state index in [1.165, 1.54) is 18.2 Å². The van der Waals surface area contributed by atoms with Crippen LogP contribution >= 0.6 is 11.6 Å². The smallest absolute Gasteiger partial charge is 0.453 e. The molecule has 0 saturated carbocycles. The number of ether oxygens (including phenoxy) is 1. The fourth-order valence-corrected chi connectivity index (χ4v) is 3.29. The molecule has 0 unspecified atom stereocenters. The van der Waals surface area contributed by atoms with Crippen molar-refractivity contribution in [1.82, 2.24) is 0 Å². The van der Waals surface area contributed by atoms with Crippen molar-refractivity contribution in [3.63, 3.8) is 0 Å². The lowest BCUT2D eigenvalue weighted by atomic mass is 10.1. The maximum Gasteiger partial charge on any atom is 0.453 e. The molecule has 3 aromatic rings. The van der Waals surface area contributed by atoms with Crippen LogP contribution < -0.4 is 20.2 Å². The predicted molar refractivity (Wildman–Crippen MR) is 104 cm³/mol. The zero-order valence-electron chi connectivity index (χ0n) is 16.2. The first-order valence-corrected chi connectivity index (χ1v) is 9.68. The molecule has 0 aliphatic heterocycles. The Bertz CT molecular complexity index is 1120. The second-order valence-electron chi connectivity index (χ2n) is 6.67. The minimum atomic E-state index is -5.03. The van der Waals surface area contributed by atoms with Gasteiger partial charge in [-0.15, -0.1) is 0 Å². The molecule has 9 heteroatoms. The van der Waals surface area contributed by atoms with Gasteiger partial charge in [0.15, 0.2) is 0 Å². The van der Waals surface area contributed by atoms with Crippen LogP contribution in [0.5, 0.6) is 17.2 Å². The number of benzene rings is 2. The van der Waals surface area contributed by atoms with Gasteiger partial charge in [-0.1, -0.05) is 35.5 Å². The van der Waals surface area contributed by atoms with Crippen molar-refractivity contribution in [1.29, 1.82) is 0 Å². The number of hydrogen-bond acceptors (Lipinski definition) is 4. The number of alkyl halides is 3. The van der Waals surface area contributed by atoms with Crippen molar-refractivity contribution in [2.75, 3.05) is 13.1 Å². The van der Waals surface area contributed by atoms with Crippen molar-refractivity contribution in [3.05, 3.63) is 63.0 Å². The van der Waals surface area contributed by atoms with Gasteiger partial charge in [0.2, 0.25) is 11.2 Å². The van der Waals surface area contributed by atoms with Crippen LogP contribution in [0.2, 0.25) is 5.02 Å². The molecule has 2 aromatic carbocycles. The van der Waals surface area contributed by atoms with Crippen LogP contribution in [0.4, 0.5) is 13.2 Å². The number of rotatable bonds is 6. The van der Waals surface area contributed by atoms with Gasteiger partial charge in [-0.2, -0.15) is 13.2 Å². The third kappa shape index (κ3) is 4.24. The van der Waals surface area contributed by atoms with Crippen LogP contribution in [0.3, 0.4) is 0 Å². The first-order chi connectivity index (χ1) is 14.2. The fourth-order valence-electron chi connectivity index (χ4n) is 3.11. The lowest BCUT2D eigenvalue weighted by molar-refractivity contribution is -0.910. The van der Waals surface area contributed by atoms with E-state index in [-0.39, 0.29) is 33.8 Å². The van der Waals surface area contributed by atoms with Gasteiger partial charge in [0.1, 0.15) is 17.9 Å². The average molecular weight is 442 g/mol. The Kier molecular flexibility index (Phi) is 6.28. The molecular formula is C21H19ClF3NO4. The third-order valence-electron chi connectivity index (χ3n) is 4.81. The van der Waals surface area contributed by atoms with Crippen molar-refractivity contribution in [3.8, 4) is 17.2 Å². The first kappa shape index (κ1) is 22.0. The Labute approximate surface area is 175 Å². The van der Waals surface area contributed by atoms with E-state index in [1.807, 2.05) is 13.8 Å². The van der Waals surface area contributed by atoms with Crippen LogP contribution in [0.25, 0.3) is 11.0 Å². The summed E-state index contributed by atoms with van der Waals surface area (Å²) in [6, 6.07) is 8.14. The number of quaternary nitrogens is 1. The maximum absolute atomic E-state index is 13.8. The van der Waals surface area contributed by atoms with Crippen LogP contribution in [-0.2, 0) is 12.7 Å². The number of para-hydroxylation sites is 1. The summed E-state index contributed by atoms with van der Waals surface area (Å²) < 4.78 is 51.7. The van der Waals surface area contributed by atoms with Crippen molar-refractivity contribution < 1.29 is 32.3 Å². The molecule has 1 aromatic heterocycles.